The van der Waals surface area contributed by atoms with E-state index < -0.39 is 0 Å². The molecule has 0 fully saturated rings. The summed E-state index contributed by atoms with van der Waals surface area (Å²) < 4.78 is 5.16. The maximum atomic E-state index is 5.16. The highest BCUT2D eigenvalue weighted by molar-refractivity contribution is 5.48. The fraction of sp³-hybridized carbons (Fsp3) is 0.700. The third kappa shape index (κ3) is 2.02. The van der Waals surface area contributed by atoms with E-state index in [0.717, 1.165) is 18.1 Å². The molecule has 0 aliphatic heterocycles. The highest BCUT2D eigenvalue weighted by atomic mass is 16.5. The Labute approximate surface area is 79.5 Å². The molecule has 0 aromatic carbocycles. The van der Waals surface area contributed by atoms with E-state index in [1.165, 1.54) is 5.56 Å². The lowest BCUT2D eigenvalue weighted by atomic mass is 9.87. The van der Waals surface area contributed by atoms with Gasteiger partial charge >= 0.3 is 0 Å². The molecule has 0 unspecified atom stereocenters. The van der Waals surface area contributed by atoms with Gasteiger partial charge in [0.2, 0.25) is 0 Å². The summed E-state index contributed by atoms with van der Waals surface area (Å²) in [7, 11) is 0. The zero-order valence-electron chi connectivity index (χ0n) is 9.06. The van der Waals surface area contributed by atoms with Crippen molar-refractivity contribution in [3.05, 3.63) is 11.3 Å². The van der Waals surface area contributed by atoms with Gasteiger partial charge in [0.1, 0.15) is 5.76 Å². The molecule has 13 heavy (non-hydrogen) atoms. The molecule has 1 rings (SSSR count). The second kappa shape index (κ2) is 3.40. The molecule has 74 valence electrons. The van der Waals surface area contributed by atoms with Crippen LogP contribution in [-0.4, -0.2) is 11.7 Å². The summed E-state index contributed by atoms with van der Waals surface area (Å²) in [5.41, 5.74) is 1.26. The van der Waals surface area contributed by atoms with Crippen LogP contribution >= 0.6 is 0 Å². The highest BCUT2D eigenvalue weighted by Crippen LogP contribution is 2.31. The van der Waals surface area contributed by atoms with E-state index in [9.17, 15) is 0 Å². The molecule has 0 bridgehead atoms. The lowest BCUT2D eigenvalue weighted by Crippen LogP contribution is -2.14. The van der Waals surface area contributed by atoms with Crippen molar-refractivity contribution in [3.63, 3.8) is 0 Å². The minimum atomic E-state index is 0.0849. The molecule has 1 N–H and O–H groups in total. The van der Waals surface area contributed by atoms with E-state index in [-0.39, 0.29) is 5.41 Å². The first kappa shape index (κ1) is 10.1. The molecule has 3 heteroatoms. The van der Waals surface area contributed by atoms with Crippen LogP contribution in [0.15, 0.2) is 4.52 Å². The molecule has 0 atom stereocenters. The van der Waals surface area contributed by atoms with E-state index in [1.54, 1.807) is 0 Å². The lowest BCUT2D eigenvalue weighted by Gasteiger charge is -2.18. The Balaban J connectivity index is 3.09. The number of aromatic nitrogens is 1. The van der Waals surface area contributed by atoms with Gasteiger partial charge in [-0.05, 0) is 19.3 Å². The van der Waals surface area contributed by atoms with Gasteiger partial charge in [-0.25, -0.2) is 0 Å². The monoisotopic (exact) mass is 182 g/mol. The third-order valence-electron chi connectivity index (χ3n) is 1.96. The van der Waals surface area contributed by atoms with Crippen LogP contribution < -0.4 is 5.32 Å². The summed E-state index contributed by atoms with van der Waals surface area (Å²) in [6.45, 7) is 11.4. The van der Waals surface area contributed by atoms with Crippen LogP contribution in [0.1, 0.15) is 39.0 Å². The van der Waals surface area contributed by atoms with Crippen LogP contribution in [0.2, 0.25) is 0 Å². The van der Waals surface area contributed by atoms with Gasteiger partial charge in [0.05, 0.1) is 0 Å². The Hall–Kier alpha value is -0.990. The molecule has 1 aromatic heterocycles. The van der Waals surface area contributed by atoms with E-state index in [1.807, 2.05) is 6.92 Å². The van der Waals surface area contributed by atoms with Gasteiger partial charge in [-0.15, -0.1) is 0 Å². The molecule has 0 aliphatic carbocycles. The fourth-order valence-electron chi connectivity index (χ4n) is 1.54. The number of hydrogen-bond acceptors (Lipinski definition) is 3. The highest BCUT2D eigenvalue weighted by Gasteiger charge is 2.24. The summed E-state index contributed by atoms with van der Waals surface area (Å²) >= 11 is 0. The molecule has 0 radical (unpaired) electrons. The van der Waals surface area contributed by atoms with Gasteiger partial charge in [-0.1, -0.05) is 25.9 Å². The van der Waals surface area contributed by atoms with Crippen LogP contribution in [0.25, 0.3) is 0 Å². The van der Waals surface area contributed by atoms with Crippen molar-refractivity contribution >= 4 is 5.82 Å². The normalized spacial score (nSPS) is 11.8. The molecule has 0 aliphatic rings. The Kier molecular flexibility index (Phi) is 2.64. The minimum Gasteiger partial charge on any atom is -0.367 e. The van der Waals surface area contributed by atoms with Crippen molar-refractivity contribution in [3.8, 4) is 0 Å². The van der Waals surface area contributed by atoms with Crippen molar-refractivity contribution in [1.82, 2.24) is 5.16 Å². The molecular formula is C10H18N2O. The number of hydrogen-bond donors (Lipinski definition) is 1. The summed E-state index contributed by atoms with van der Waals surface area (Å²) in [5.74, 6) is 1.79. The van der Waals surface area contributed by atoms with Crippen LogP contribution in [0.4, 0.5) is 5.82 Å². The van der Waals surface area contributed by atoms with E-state index in [4.69, 9.17) is 4.52 Å². The predicted octanol–water partition coefficient (Wildman–Crippen LogP) is 2.71. The van der Waals surface area contributed by atoms with Gasteiger partial charge < -0.3 is 9.84 Å². The number of nitrogens with one attached hydrogen (secondary N) is 1. The molecule has 3 nitrogen and oxygen atoms in total. The molecule has 0 saturated carbocycles. The molecular weight excluding hydrogens is 164 g/mol. The molecule has 0 amide bonds. The maximum Gasteiger partial charge on any atom is 0.173 e. The predicted molar refractivity (Wildman–Crippen MR) is 54.1 cm³/mol. The van der Waals surface area contributed by atoms with Gasteiger partial charge in [-0.3, -0.25) is 0 Å². The zero-order chi connectivity index (χ0) is 10.1. The average molecular weight is 182 g/mol. The lowest BCUT2D eigenvalue weighted by molar-refractivity contribution is 0.394. The second-order valence-corrected chi connectivity index (χ2v) is 4.24. The van der Waals surface area contributed by atoms with Crippen LogP contribution in [0.5, 0.6) is 0 Å². The molecule has 1 aromatic rings. The van der Waals surface area contributed by atoms with Crippen molar-refractivity contribution in [2.75, 3.05) is 11.9 Å². The van der Waals surface area contributed by atoms with Crippen molar-refractivity contribution < 1.29 is 4.52 Å². The summed E-state index contributed by atoms with van der Waals surface area (Å²) in [5, 5.41) is 7.18. The van der Waals surface area contributed by atoms with Crippen LogP contribution in [0.3, 0.4) is 0 Å². The first-order chi connectivity index (χ1) is 5.96. The number of rotatable bonds is 2. The van der Waals surface area contributed by atoms with Gasteiger partial charge in [0.15, 0.2) is 5.82 Å². The van der Waals surface area contributed by atoms with E-state index in [2.05, 4.69) is 38.2 Å². The van der Waals surface area contributed by atoms with E-state index >= 15 is 0 Å². The summed E-state index contributed by atoms with van der Waals surface area (Å²) in [6.07, 6.45) is 0. The van der Waals surface area contributed by atoms with Crippen LogP contribution in [-0.2, 0) is 5.41 Å². The Morgan fingerprint density at radius 1 is 1.38 bits per heavy atom. The summed E-state index contributed by atoms with van der Waals surface area (Å²) in [6, 6.07) is 0. The van der Waals surface area contributed by atoms with Crippen molar-refractivity contribution in [1.29, 1.82) is 0 Å². The topological polar surface area (TPSA) is 38.1 Å². The quantitative estimate of drug-likeness (QED) is 0.764. The third-order valence-corrected chi connectivity index (χ3v) is 1.96. The van der Waals surface area contributed by atoms with Gasteiger partial charge in [0.25, 0.3) is 0 Å². The maximum absolute atomic E-state index is 5.16. The van der Waals surface area contributed by atoms with Gasteiger partial charge in [0, 0.05) is 12.1 Å². The molecule has 1 heterocycles. The fourth-order valence-corrected chi connectivity index (χ4v) is 1.54. The number of aryl methyl sites for hydroxylation is 1. The van der Waals surface area contributed by atoms with Crippen molar-refractivity contribution in [2.24, 2.45) is 0 Å². The Morgan fingerprint density at radius 3 is 2.46 bits per heavy atom. The smallest absolute Gasteiger partial charge is 0.173 e. The molecule has 0 spiro atoms. The summed E-state index contributed by atoms with van der Waals surface area (Å²) in [4.78, 5) is 0. The Morgan fingerprint density at radius 2 is 2.00 bits per heavy atom. The van der Waals surface area contributed by atoms with Gasteiger partial charge in [-0.2, -0.15) is 0 Å². The Bertz CT molecular complexity index is 284. The largest absolute Gasteiger partial charge is 0.367 e. The average Bonchev–Trinajstić information content (AvgIpc) is 2.31. The number of anilines is 1. The number of nitrogens with zero attached hydrogens (tertiary/aromatic N) is 1. The van der Waals surface area contributed by atoms with E-state index in [0.29, 0.717) is 0 Å². The first-order valence-electron chi connectivity index (χ1n) is 4.67. The van der Waals surface area contributed by atoms with Crippen molar-refractivity contribution in [2.45, 2.75) is 40.0 Å². The molecule has 0 saturated heterocycles. The minimum absolute atomic E-state index is 0.0849. The second-order valence-electron chi connectivity index (χ2n) is 4.24. The SMILES string of the molecule is CCNc1noc(C)c1C(C)(C)C. The standard InChI is InChI=1S/C10H18N2O/c1-6-11-9-8(10(3,4)5)7(2)13-12-9/h6H2,1-5H3,(H,11,12). The first-order valence-corrected chi connectivity index (χ1v) is 4.67. The zero-order valence-corrected chi connectivity index (χ0v) is 9.06. The van der Waals surface area contributed by atoms with Crippen LogP contribution in [0, 0.1) is 6.92 Å².